The van der Waals surface area contributed by atoms with E-state index in [0.29, 0.717) is 11.8 Å². The summed E-state index contributed by atoms with van der Waals surface area (Å²) in [6.07, 6.45) is 1.06. The third kappa shape index (κ3) is 3.47. The molecule has 0 radical (unpaired) electrons. The molecule has 0 aliphatic heterocycles. The molecule has 20 heavy (non-hydrogen) atoms. The van der Waals surface area contributed by atoms with Crippen LogP contribution < -0.4 is 0 Å². The molecule has 0 fully saturated rings. The van der Waals surface area contributed by atoms with Crippen molar-refractivity contribution in [1.29, 1.82) is 0 Å². The highest BCUT2D eigenvalue weighted by atomic mass is 19.1. The Labute approximate surface area is 121 Å². The summed E-state index contributed by atoms with van der Waals surface area (Å²) in [5.74, 6) is 0.848. The highest BCUT2D eigenvalue weighted by Crippen LogP contribution is 2.30. The normalized spacial score (nSPS) is 11.3. The van der Waals surface area contributed by atoms with Gasteiger partial charge in [-0.3, -0.25) is 0 Å². The molecule has 106 valence electrons. The molecule has 0 atom stereocenters. The topological polar surface area (TPSA) is 0 Å². The first-order chi connectivity index (χ1) is 9.47. The van der Waals surface area contributed by atoms with Crippen LogP contribution in [-0.2, 0) is 6.42 Å². The molecule has 0 saturated carbocycles. The Morgan fingerprint density at radius 3 is 2.35 bits per heavy atom. The summed E-state index contributed by atoms with van der Waals surface area (Å²) in [4.78, 5) is 0. The lowest BCUT2D eigenvalue weighted by Gasteiger charge is -2.14. The second kappa shape index (κ2) is 6.21. The fourth-order valence-electron chi connectivity index (χ4n) is 2.62. The van der Waals surface area contributed by atoms with Crippen molar-refractivity contribution in [1.82, 2.24) is 0 Å². The van der Waals surface area contributed by atoms with Crippen molar-refractivity contribution in [2.24, 2.45) is 5.92 Å². The fourth-order valence-corrected chi connectivity index (χ4v) is 2.62. The van der Waals surface area contributed by atoms with Gasteiger partial charge in [0.2, 0.25) is 0 Å². The van der Waals surface area contributed by atoms with Crippen LogP contribution in [0.5, 0.6) is 0 Å². The van der Waals surface area contributed by atoms with Gasteiger partial charge in [0.1, 0.15) is 5.82 Å². The predicted molar refractivity (Wildman–Crippen MR) is 84.5 cm³/mol. The molecular formula is C19H23F. The van der Waals surface area contributed by atoms with Crippen molar-refractivity contribution < 1.29 is 4.39 Å². The summed E-state index contributed by atoms with van der Waals surface area (Å²) in [5.41, 5.74) is 4.65. The molecule has 0 amide bonds. The quantitative estimate of drug-likeness (QED) is 0.657. The van der Waals surface area contributed by atoms with E-state index in [2.05, 4.69) is 52.0 Å². The van der Waals surface area contributed by atoms with E-state index in [9.17, 15) is 4.39 Å². The molecule has 2 aromatic carbocycles. The molecule has 0 N–H and O–H groups in total. The Bertz CT molecular complexity index is 582. The minimum absolute atomic E-state index is 0.168. The van der Waals surface area contributed by atoms with Crippen molar-refractivity contribution in [3.8, 4) is 11.1 Å². The van der Waals surface area contributed by atoms with Crippen LogP contribution in [0.1, 0.15) is 44.7 Å². The Morgan fingerprint density at radius 1 is 0.950 bits per heavy atom. The molecule has 2 aromatic rings. The van der Waals surface area contributed by atoms with E-state index in [0.717, 1.165) is 17.5 Å². The Balaban J connectivity index is 2.48. The van der Waals surface area contributed by atoms with E-state index in [-0.39, 0.29) is 5.82 Å². The molecule has 0 heterocycles. The zero-order chi connectivity index (χ0) is 14.7. The Hall–Kier alpha value is -1.63. The monoisotopic (exact) mass is 270 g/mol. The van der Waals surface area contributed by atoms with E-state index >= 15 is 0 Å². The first kappa shape index (κ1) is 14.8. The average Bonchev–Trinajstić information content (AvgIpc) is 2.37. The minimum Gasteiger partial charge on any atom is -0.207 e. The van der Waals surface area contributed by atoms with Gasteiger partial charge in [0.05, 0.1) is 0 Å². The van der Waals surface area contributed by atoms with E-state index in [1.165, 1.54) is 11.1 Å². The largest absolute Gasteiger partial charge is 0.207 e. The molecule has 0 aliphatic carbocycles. The fraction of sp³-hybridized carbons (Fsp3) is 0.368. The highest BCUT2D eigenvalue weighted by molar-refractivity contribution is 5.68. The number of hydrogen-bond acceptors (Lipinski definition) is 0. The van der Waals surface area contributed by atoms with Crippen LogP contribution in [-0.4, -0.2) is 0 Å². The van der Waals surface area contributed by atoms with Crippen LogP contribution in [0.25, 0.3) is 11.1 Å². The van der Waals surface area contributed by atoms with Crippen molar-refractivity contribution in [2.75, 3.05) is 0 Å². The van der Waals surface area contributed by atoms with Gasteiger partial charge in [-0.25, -0.2) is 4.39 Å². The Morgan fingerprint density at radius 2 is 1.70 bits per heavy atom. The smallest absolute Gasteiger partial charge is 0.123 e. The second-order valence-corrected chi connectivity index (χ2v) is 6.18. The predicted octanol–water partition coefficient (Wildman–Crippen LogP) is 5.81. The second-order valence-electron chi connectivity index (χ2n) is 6.18. The maximum atomic E-state index is 13.6. The van der Waals surface area contributed by atoms with Crippen LogP contribution in [0.4, 0.5) is 4.39 Å². The molecule has 0 spiro atoms. The lowest BCUT2D eigenvalue weighted by atomic mass is 9.91. The summed E-state index contributed by atoms with van der Waals surface area (Å²) in [5, 5.41) is 0. The number of halogens is 1. The third-order valence-corrected chi connectivity index (χ3v) is 3.52. The van der Waals surface area contributed by atoms with Crippen molar-refractivity contribution >= 4 is 0 Å². The van der Waals surface area contributed by atoms with Crippen molar-refractivity contribution in [3.05, 3.63) is 59.4 Å². The number of benzene rings is 2. The van der Waals surface area contributed by atoms with Gasteiger partial charge >= 0.3 is 0 Å². The maximum Gasteiger partial charge on any atom is 0.123 e. The van der Waals surface area contributed by atoms with Crippen molar-refractivity contribution in [3.63, 3.8) is 0 Å². The van der Waals surface area contributed by atoms with Gasteiger partial charge in [0, 0.05) is 0 Å². The summed E-state index contributed by atoms with van der Waals surface area (Å²) >= 11 is 0. The molecule has 0 aromatic heterocycles. The molecule has 0 bridgehead atoms. The third-order valence-electron chi connectivity index (χ3n) is 3.52. The molecule has 0 saturated heterocycles. The standard InChI is InChI=1S/C19H23F/c1-13(2)10-15-6-5-7-16(11-15)19-12-17(20)8-9-18(19)14(3)4/h5-9,11-14H,10H2,1-4H3. The van der Waals surface area contributed by atoms with Crippen LogP contribution >= 0.6 is 0 Å². The highest BCUT2D eigenvalue weighted by Gasteiger charge is 2.10. The number of rotatable bonds is 4. The zero-order valence-electron chi connectivity index (χ0n) is 12.8. The summed E-state index contributed by atoms with van der Waals surface area (Å²) in [6.45, 7) is 8.73. The van der Waals surface area contributed by atoms with Crippen LogP contribution in [0.15, 0.2) is 42.5 Å². The van der Waals surface area contributed by atoms with Crippen molar-refractivity contribution in [2.45, 2.75) is 40.0 Å². The average molecular weight is 270 g/mol. The molecule has 0 nitrogen and oxygen atoms in total. The lowest BCUT2D eigenvalue weighted by molar-refractivity contribution is 0.627. The molecule has 2 rings (SSSR count). The van der Waals surface area contributed by atoms with Crippen LogP contribution in [0, 0.1) is 11.7 Å². The van der Waals surface area contributed by atoms with Gasteiger partial charge < -0.3 is 0 Å². The molecular weight excluding hydrogens is 247 g/mol. The lowest BCUT2D eigenvalue weighted by Crippen LogP contribution is -1.96. The van der Waals surface area contributed by atoms with Gasteiger partial charge in [0.25, 0.3) is 0 Å². The summed E-state index contributed by atoms with van der Waals surface area (Å²) < 4.78 is 13.6. The first-order valence-corrected chi connectivity index (χ1v) is 7.36. The van der Waals surface area contributed by atoms with Crippen LogP contribution in [0.3, 0.4) is 0 Å². The van der Waals surface area contributed by atoms with E-state index in [1.807, 2.05) is 6.07 Å². The summed E-state index contributed by atoms with van der Waals surface area (Å²) in [6, 6.07) is 13.6. The van der Waals surface area contributed by atoms with Gasteiger partial charge in [-0.1, -0.05) is 58.0 Å². The van der Waals surface area contributed by atoms with E-state index in [4.69, 9.17) is 0 Å². The summed E-state index contributed by atoms with van der Waals surface area (Å²) in [7, 11) is 0. The van der Waals surface area contributed by atoms with E-state index < -0.39 is 0 Å². The minimum atomic E-state index is -0.168. The Kier molecular flexibility index (Phi) is 4.59. The zero-order valence-corrected chi connectivity index (χ0v) is 12.8. The van der Waals surface area contributed by atoms with Gasteiger partial charge in [0.15, 0.2) is 0 Å². The number of hydrogen-bond donors (Lipinski definition) is 0. The van der Waals surface area contributed by atoms with Gasteiger partial charge in [-0.15, -0.1) is 0 Å². The van der Waals surface area contributed by atoms with Gasteiger partial charge in [-0.2, -0.15) is 0 Å². The molecule has 0 unspecified atom stereocenters. The molecule has 1 heteroatoms. The van der Waals surface area contributed by atoms with E-state index in [1.54, 1.807) is 12.1 Å². The molecule has 0 aliphatic rings. The maximum absolute atomic E-state index is 13.6. The van der Waals surface area contributed by atoms with Crippen LogP contribution in [0.2, 0.25) is 0 Å². The SMILES string of the molecule is CC(C)Cc1cccc(-c2cc(F)ccc2C(C)C)c1. The first-order valence-electron chi connectivity index (χ1n) is 7.36. The van der Waals surface area contributed by atoms with Gasteiger partial charge in [-0.05, 0) is 52.6 Å².